The predicted octanol–water partition coefficient (Wildman–Crippen LogP) is 0.750. The third-order valence-corrected chi connectivity index (χ3v) is 3.67. The van der Waals surface area contributed by atoms with Crippen LogP contribution in [-0.2, 0) is 14.4 Å². The summed E-state index contributed by atoms with van der Waals surface area (Å²) < 4.78 is 0. The zero-order valence-corrected chi connectivity index (χ0v) is 10.8. The van der Waals surface area contributed by atoms with Gasteiger partial charge in [-0.1, -0.05) is 5.57 Å². The highest BCUT2D eigenvalue weighted by Gasteiger charge is 2.38. The van der Waals surface area contributed by atoms with E-state index in [0.717, 1.165) is 30.4 Å². The van der Waals surface area contributed by atoms with Crippen LogP contribution in [0.2, 0.25) is 0 Å². The molecule has 2 rings (SSSR count). The van der Waals surface area contributed by atoms with Crippen molar-refractivity contribution in [2.45, 2.75) is 45.6 Å². The Balaban J connectivity index is 2.19. The number of imide groups is 1. The Labute approximate surface area is 106 Å². The maximum absolute atomic E-state index is 12.4. The molecule has 1 saturated heterocycles. The Hall–Kier alpha value is -1.65. The number of likely N-dealkylation sites (N-methyl/N-ethyl adjacent to an activating group) is 1. The van der Waals surface area contributed by atoms with E-state index in [1.54, 1.807) is 0 Å². The van der Waals surface area contributed by atoms with Gasteiger partial charge in [0.1, 0.15) is 6.04 Å². The van der Waals surface area contributed by atoms with E-state index >= 15 is 0 Å². The number of carbonyl (C=O) groups is 3. The lowest BCUT2D eigenvalue weighted by atomic mass is 10.1. The lowest BCUT2D eigenvalue weighted by molar-refractivity contribution is -0.135. The van der Waals surface area contributed by atoms with Gasteiger partial charge in [-0.3, -0.25) is 19.7 Å². The van der Waals surface area contributed by atoms with Crippen molar-refractivity contribution in [1.82, 2.24) is 10.2 Å². The average molecular weight is 250 g/mol. The molecular formula is C13H18N2O3. The summed E-state index contributed by atoms with van der Waals surface area (Å²) in [5.41, 5.74) is 1.94. The molecule has 2 aliphatic rings. The minimum absolute atomic E-state index is 0.0812. The van der Waals surface area contributed by atoms with Crippen molar-refractivity contribution in [1.29, 1.82) is 0 Å². The molecule has 5 nitrogen and oxygen atoms in total. The zero-order valence-electron chi connectivity index (χ0n) is 10.8. The van der Waals surface area contributed by atoms with E-state index in [0.29, 0.717) is 6.54 Å². The molecule has 1 heterocycles. The van der Waals surface area contributed by atoms with E-state index in [-0.39, 0.29) is 24.1 Å². The van der Waals surface area contributed by atoms with E-state index in [1.807, 2.05) is 13.8 Å². The first kappa shape index (κ1) is 12.8. The Morgan fingerprint density at radius 2 is 2.11 bits per heavy atom. The highest BCUT2D eigenvalue weighted by molar-refractivity contribution is 6.08. The SMILES string of the molecule is CCN(C(=O)C1=C(C)CCC1)C1CC(=O)NC1=O. The second-order valence-electron chi connectivity index (χ2n) is 4.84. The second-order valence-corrected chi connectivity index (χ2v) is 4.84. The van der Waals surface area contributed by atoms with Crippen LogP contribution in [0.4, 0.5) is 0 Å². The third-order valence-electron chi connectivity index (χ3n) is 3.67. The molecule has 0 saturated carbocycles. The Kier molecular flexibility index (Phi) is 3.50. The van der Waals surface area contributed by atoms with Crippen molar-refractivity contribution < 1.29 is 14.4 Å². The van der Waals surface area contributed by atoms with Gasteiger partial charge in [0.25, 0.3) is 0 Å². The van der Waals surface area contributed by atoms with Gasteiger partial charge < -0.3 is 4.90 Å². The van der Waals surface area contributed by atoms with Gasteiger partial charge in [-0.15, -0.1) is 0 Å². The summed E-state index contributed by atoms with van der Waals surface area (Å²) in [6.07, 6.45) is 2.82. The highest BCUT2D eigenvalue weighted by atomic mass is 16.2. The van der Waals surface area contributed by atoms with Crippen LogP contribution in [0, 0.1) is 0 Å². The number of allylic oxidation sites excluding steroid dienone is 1. The topological polar surface area (TPSA) is 66.5 Å². The molecule has 0 aromatic carbocycles. The molecule has 0 aromatic rings. The Morgan fingerprint density at radius 1 is 1.39 bits per heavy atom. The van der Waals surface area contributed by atoms with Crippen LogP contribution in [0.1, 0.15) is 39.5 Å². The lowest BCUT2D eigenvalue weighted by Gasteiger charge is -2.26. The molecule has 0 spiro atoms. The molecule has 3 amide bonds. The van der Waals surface area contributed by atoms with Gasteiger partial charge >= 0.3 is 0 Å². The van der Waals surface area contributed by atoms with Crippen molar-refractivity contribution in [3.05, 3.63) is 11.1 Å². The summed E-state index contributed by atoms with van der Waals surface area (Å²) in [7, 11) is 0. The highest BCUT2D eigenvalue weighted by Crippen LogP contribution is 2.28. The summed E-state index contributed by atoms with van der Waals surface area (Å²) in [5, 5.41) is 2.25. The normalized spacial score (nSPS) is 23.6. The zero-order chi connectivity index (χ0) is 13.3. The monoisotopic (exact) mass is 250 g/mol. The molecule has 1 fully saturated rings. The molecule has 1 N–H and O–H groups in total. The molecule has 0 aromatic heterocycles. The van der Waals surface area contributed by atoms with Gasteiger partial charge in [0, 0.05) is 12.1 Å². The first-order valence-electron chi connectivity index (χ1n) is 6.38. The molecular weight excluding hydrogens is 232 g/mol. The maximum Gasteiger partial charge on any atom is 0.250 e. The summed E-state index contributed by atoms with van der Waals surface area (Å²) in [4.78, 5) is 36.8. The van der Waals surface area contributed by atoms with Crippen LogP contribution < -0.4 is 5.32 Å². The minimum Gasteiger partial charge on any atom is -0.327 e. The van der Waals surface area contributed by atoms with Crippen LogP contribution >= 0.6 is 0 Å². The van der Waals surface area contributed by atoms with Gasteiger partial charge in [-0.05, 0) is 33.1 Å². The molecule has 0 bridgehead atoms. The van der Waals surface area contributed by atoms with Gasteiger partial charge in [0.2, 0.25) is 17.7 Å². The number of amides is 3. The van der Waals surface area contributed by atoms with E-state index in [4.69, 9.17) is 0 Å². The summed E-state index contributed by atoms with van der Waals surface area (Å²) >= 11 is 0. The molecule has 1 aliphatic heterocycles. The van der Waals surface area contributed by atoms with Gasteiger partial charge in [-0.2, -0.15) is 0 Å². The number of nitrogens with zero attached hydrogens (tertiary/aromatic N) is 1. The fraction of sp³-hybridized carbons (Fsp3) is 0.615. The van der Waals surface area contributed by atoms with Crippen LogP contribution in [0.25, 0.3) is 0 Å². The first-order chi connectivity index (χ1) is 8.54. The number of carbonyl (C=O) groups excluding carboxylic acids is 3. The largest absolute Gasteiger partial charge is 0.327 e. The van der Waals surface area contributed by atoms with E-state index in [1.165, 1.54) is 4.90 Å². The smallest absolute Gasteiger partial charge is 0.250 e. The second kappa shape index (κ2) is 4.92. The average Bonchev–Trinajstić information content (AvgIpc) is 2.87. The van der Waals surface area contributed by atoms with E-state index in [9.17, 15) is 14.4 Å². The van der Waals surface area contributed by atoms with E-state index < -0.39 is 6.04 Å². The lowest BCUT2D eigenvalue weighted by Crippen LogP contribution is -2.45. The molecule has 1 aliphatic carbocycles. The number of rotatable bonds is 3. The molecule has 1 atom stereocenters. The molecule has 5 heteroatoms. The summed E-state index contributed by atoms with van der Waals surface area (Å²) in [6.45, 7) is 4.24. The van der Waals surface area contributed by atoms with Gasteiger partial charge in [0.05, 0.1) is 6.42 Å². The first-order valence-corrected chi connectivity index (χ1v) is 6.38. The van der Waals surface area contributed by atoms with Crippen molar-refractivity contribution in [3.63, 3.8) is 0 Å². The molecule has 1 unspecified atom stereocenters. The maximum atomic E-state index is 12.4. The number of hydrogen-bond acceptors (Lipinski definition) is 3. The van der Waals surface area contributed by atoms with Gasteiger partial charge in [-0.25, -0.2) is 0 Å². The molecule has 0 radical (unpaired) electrons. The minimum atomic E-state index is -0.629. The van der Waals surface area contributed by atoms with Crippen molar-refractivity contribution in [2.75, 3.05) is 6.54 Å². The molecule has 98 valence electrons. The number of nitrogens with one attached hydrogen (secondary N) is 1. The van der Waals surface area contributed by atoms with Crippen LogP contribution in [0.3, 0.4) is 0 Å². The molecule has 18 heavy (non-hydrogen) atoms. The van der Waals surface area contributed by atoms with Crippen molar-refractivity contribution in [3.8, 4) is 0 Å². The quantitative estimate of drug-likeness (QED) is 0.752. The predicted molar refractivity (Wildman–Crippen MR) is 65.5 cm³/mol. The van der Waals surface area contributed by atoms with Crippen LogP contribution in [-0.4, -0.2) is 35.2 Å². The number of hydrogen-bond donors (Lipinski definition) is 1. The summed E-state index contributed by atoms with van der Waals surface area (Å²) in [5.74, 6) is -0.734. The van der Waals surface area contributed by atoms with Crippen molar-refractivity contribution in [2.24, 2.45) is 0 Å². The van der Waals surface area contributed by atoms with Crippen molar-refractivity contribution >= 4 is 17.7 Å². The van der Waals surface area contributed by atoms with Gasteiger partial charge in [0.15, 0.2) is 0 Å². The summed E-state index contributed by atoms with van der Waals surface area (Å²) in [6, 6.07) is -0.629. The fourth-order valence-electron chi connectivity index (χ4n) is 2.65. The fourth-order valence-corrected chi connectivity index (χ4v) is 2.65. The third kappa shape index (κ3) is 2.17. The standard InChI is InChI=1S/C13H18N2O3/c1-3-15(10-7-11(16)14-12(10)17)13(18)9-6-4-5-8(9)2/h10H,3-7H2,1-2H3,(H,14,16,17). The Morgan fingerprint density at radius 3 is 2.56 bits per heavy atom. The van der Waals surface area contributed by atoms with Crippen LogP contribution in [0.5, 0.6) is 0 Å². The van der Waals surface area contributed by atoms with E-state index in [2.05, 4.69) is 5.32 Å². The Bertz CT molecular complexity index is 440. The van der Waals surface area contributed by atoms with Crippen LogP contribution in [0.15, 0.2) is 11.1 Å².